The van der Waals surface area contributed by atoms with Crippen LogP contribution in [0.3, 0.4) is 0 Å². The Morgan fingerprint density at radius 2 is 1.78 bits per heavy atom. The number of carbonyl (C=O) groups excluding carboxylic acids is 1. The third kappa shape index (κ3) is 4.05. The van der Waals surface area contributed by atoms with Gasteiger partial charge in [0.05, 0.1) is 12.0 Å². The van der Waals surface area contributed by atoms with Crippen LogP contribution in [0.2, 0.25) is 0 Å². The number of nitrogens with one attached hydrogen (secondary N) is 2. The Morgan fingerprint density at radius 1 is 1.13 bits per heavy atom. The number of hydrazine groups is 1. The number of hydrogen-bond donors (Lipinski definition) is 2. The molecule has 0 aliphatic heterocycles. The van der Waals surface area contributed by atoms with Crippen molar-refractivity contribution in [2.45, 2.75) is 11.8 Å². The van der Waals surface area contributed by atoms with Gasteiger partial charge in [0.15, 0.2) is 0 Å². The number of rotatable bonds is 5. The highest BCUT2D eigenvalue weighted by Crippen LogP contribution is 2.20. The van der Waals surface area contributed by atoms with Gasteiger partial charge in [-0.25, -0.2) is 12.8 Å². The van der Waals surface area contributed by atoms with Gasteiger partial charge in [0.1, 0.15) is 11.6 Å². The number of hydrogen-bond acceptors (Lipinski definition) is 4. The van der Waals surface area contributed by atoms with Crippen LogP contribution in [0.1, 0.15) is 15.9 Å². The van der Waals surface area contributed by atoms with Crippen molar-refractivity contribution in [3.05, 3.63) is 59.4 Å². The van der Waals surface area contributed by atoms with Crippen molar-refractivity contribution < 1.29 is 22.3 Å². The SMILES string of the molecule is COc1ccc(S(=O)(=O)NNC(=O)c2ccc(F)cc2)cc1C. The molecule has 0 aromatic heterocycles. The van der Waals surface area contributed by atoms with E-state index in [0.717, 1.165) is 12.1 Å². The minimum absolute atomic E-state index is 0.0183. The fraction of sp³-hybridized carbons (Fsp3) is 0.133. The van der Waals surface area contributed by atoms with E-state index in [4.69, 9.17) is 4.74 Å². The molecule has 23 heavy (non-hydrogen) atoms. The van der Waals surface area contributed by atoms with Crippen LogP contribution in [0, 0.1) is 12.7 Å². The summed E-state index contributed by atoms with van der Waals surface area (Å²) < 4.78 is 42.1. The lowest BCUT2D eigenvalue weighted by Crippen LogP contribution is -2.41. The average Bonchev–Trinajstić information content (AvgIpc) is 2.53. The van der Waals surface area contributed by atoms with Gasteiger partial charge < -0.3 is 4.74 Å². The second-order valence-electron chi connectivity index (χ2n) is 4.70. The van der Waals surface area contributed by atoms with Crippen LogP contribution in [0.4, 0.5) is 4.39 Å². The highest BCUT2D eigenvalue weighted by atomic mass is 32.2. The summed E-state index contributed by atoms with van der Waals surface area (Å²) in [5.41, 5.74) is 2.84. The maximum absolute atomic E-state index is 12.8. The first kappa shape index (κ1) is 16.9. The fourth-order valence-electron chi connectivity index (χ4n) is 1.86. The summed E-state index contributed by atoms with van der Waals surface area (Å²) in [6.07, 6.45) is 0. The number of benzene rings is 2. The Hall–Kier alpha value is -2.45. The molecule has 0 bridgehead atoms. The normalized spacial score (nSPS) is 11.1. The van der Waals surface area contributed by atoms with E-state index in [-0.39, 0.29) is 10.5 Å². The van der Waals surface area contributed by atoms with Crippen LogP contribution in [0.5, 0.6) is 5.75 Å². The van der Waals surface area contributed by atoms with Crippen LogP contribution >= 0.6 is 0 Å². The van der Waals surface area contributed by atoms with Crippen molar-refractivity contribution in [1.29, 1.82) is 0 Å². The van der Waals surface area contributed by atoms with Crippen LogP contribution < -0.4 is 15.0 Å². The number of aryl methyl sites for hydroxylation is 1. The van der Waals surface area contributed by atoms with Gasteiger partial charge in [-0.1, -0.05) is 0 Å². The maximum atomic E-state index is 12.8. The van der Waals surface area contributed by atoms with Crippen LogP contribution in [0.25, 0.3) is 0 Å². The van der Waals surface area contributed by atoms with Crippen molar-refractivity contribution >= 4 is 15.9 Å². The van der Waals surface area contributed by atoms with Gasteiger partial charge in [-0.15, -0.1) is 4.83 Å². The molecule has 0 aliphatic carbocycles. The molecule has 2 aromatic carbocycles. The van der Waals surface area contributed by atoms with Gasteiger partial charge in [-0.3, -0.25) is 10.2 Å². The van der Waals surface area contributed by atoms with E-state index in [1.165, 1.54) is 37.4 Å². The Labute approximate surface area is 133 Å². The summed E-state index contributed by atoms with van der Waals surface area (Å²) in [6, 6.07) is 9.01. The molecule has 0 saturated carbocycles. The van der Waals surface area contributed by atoms with E-state index in [1.807, 2.05) is 4.83 Å². The molecule has 2 N–H and O–H groups in total. The molecule has 0 aliphatic rings. The predicted molar refractivity (Wildman–Crippen MR) is 81.9 cm³/mol. The molecule has 0 atom stereocenters. The Morgan fingerprint density at radius 3 is 2.35 bits per heavy atom. The van der Waals surface area contributed by atoms with Crippen molar-refractivity contribution in [2.75, 3.05) is 7.11 Å². The van der Waals surface area contributed by atoms with E-state index >= 15 is 0 Å². The molecule has 6 nitrogen and oxygen atoms in total. The molecule has 0 radical (unpaired) electrons. The van der Waals surface area contributed by atoms with Crippen molar-refractivity contribution in [3.63, 3.8) is 0 Å². The van der Waals surface area contributed by atoms with E-state index in [0.29, 0.717) is 11.3 Å². The average molecular weight is 338 g/mol. The second-order valence-corrected chi connectivity index (χ2v) is 6.38. The largest absolute Gasteiger partial charge is 0.496 e. The molecule has 0 fully saturated rings. The predicted octanol–water partition coefficient (Wildman–Crippen LogP) is 1.77. The fourth-order valence-corrected chi connectivity index (χ4v) is 2.79. The number of sulfonamides is 1. The number of halogens is 1. The zero-order valence-electron chi connectivity index (χ0n) is 12.5. The summed E-state index contributed by atoms with van der Waals surface area (Å²) in [6.45, 7) is 1.70. The van der Waals surface area contributed by atoms with Crippen molar-refractivity contribution in [2.24, 2.45) is 0 Å². The summed E-state index contributed by atoms with van der Waals surface area (Å²) in [4.78, 5) is 13.8. The van der Waals surface area contributed by atoms with Gasteiger partial charge in [-0.2, -0.15) is 0 Å². The standard InChI is InChI=1S/C15H15FN2O4S/c1-10-9-13(7-8-14(10)22-2)23(20,21)18-17-15(19)11-3-5-12(16)6-4-11/h3-9,18H,1-2H3,(H,17,19). The van der Waals surface area contributed by atoms with Gasteiger partial charge in [-0.05, 0) is 55.0 Å². The Bertz CT molecular complexity index is 820. The minimum Gasteiger partial charge on any atom is -0.496 e. The van der Waals surface area contributed by atoms with E-state index in [1.54, 1.807) is 6.92 Å². The van der Waals surface area contributed by atoms with Crippen molar-refractivity contribution in [3.8, 4) is 5.75 Å². The van der Waals surface area contributed by atoms with Crippen molar-refractivity contribution in [1.82, 2.24) is 10.3 Å². The Balaban J connectivity index is 2.11. The number of amides is 1. The van der Waals surface area contributed by atoms with Gasteiger partial charge >= 0.3 is 0 Å². The first-order valence-electron chi connectivity index (χ1n) is 6.56. The smallest absolute Gasteiger partial charge is 0.266 e. The van der Waals surface area contributed by atoms with E-state index in [9.17, 15) is 17.6 Å². The Kier molecular flexibility index (Phi) is 4.97. The lowest BCUT2D eigenvalue weighted by molar-refractivity contribution is 0.0945. The molecule has 2 aromatic rings. The van der Waals surface area contributed by atoms with Gasteiger partial charge in [0.25, 0.3) is 15.9 Å². The zero-order valence-corrected chi connectivity index (χ0v) is 13.3. The topological polar surface area (TPSA) is 84.5 Å². The molecule has 122 valence electrons. The highest BCUT2D eigenvalue weighted by Gasteiger charge is 2.17. The monoisotopic (exact) mass is 338 g/mol. The molecule has 0 spiro atoms. The van der Waals surface area contributed by atoms with Gasteiger partial charge in [0, 0.05) is 5.56 Å². The zero-order chi connectivity index (χ0) is 17.0. The lowest BCUT2D eigenvalue weighted by atomic mass is 10.2. The quantitative estimate of drug-likeness (QED) is 0.814. The number of ether oxygens (including phenoxy) is 1. The number of methoxy groups -OCH3 is 1. The third-order valence-electron chi connectivity index (χ3n) is 3.08. The van der Waals surface area contributed by atoms with E-state index in [2.05, 4.69) is 5.43 Å². The molecular formula is C15H15FN2O4S. The summed E-state index contributed by atoms with van der Waals surface area (Å²) in [5, 5.41) is 0. The van der Waals surface area contributed by atoms with Gasteiger partial charge in [0.2, 0.25) is 0 Å². The molecule has 1 amide bonds. The molecule has 0 heterocycles. The van der Waals surface area contributed by atoms with E-state index < -0.39 is 21.7 Å². The third-order valence-corrected chi connectivity index (χ3v) is 4.33. The molecule has 0 unspecified atom stereocenters. The molecule has 0 saturated heterocycles. The highest BCUT2D eigenvalue weighted by molar-refractivity contribution is 7.89. The summed E-state index contributed by atoms with van der Waals surface area (Å²) in [7, 11) is -2.45. The molecule has 2 rings (SSSR count). The first-order valence-corrected chi connectivity index (χ1v) is 8.04. The second kappa shape index (κ2) is 6.76. The molecule has 8 heteroatoms. The van der Waals surface area contributed by atoms with Crippen LogP contribution in [-0.4, -0.2) is 21.4 Å². The summed E-state index contributed by atoms with van der Waals surface area (Å²) in [5.74, 6) is -0.631. The number of carbonyl (C=O) groups is 1. The van der Waals surface area contributed by atoms with Crippen LogP contribution in [0.15, 0.2) is 47.4 Å². The minimum atomic E-state index is -3.93. The summed E-state index contributed by atoms with van der Waals surface area (Å²) >= 11 is 0. The molecular weight excluding hydrogens is 323 g/mol. The first-order chi connectivity index (χ1) is 10.8. The lowest BCUT2D eigenvalue weighted by Gasteiger charge is -2.10. The van der Waals surface area contributed by atoms with Crippen LogP contribution in [-0.2, 0) is 10.0 Å². The maximum Gasteiger partial charge on any atom is 0.266 e.